The van der Waals surface area contributed by atoms with Gasteiger partial charge >= 0.3 is 0 Å². The Morgan fingerprint density at radius 3 is 1.05 bits per heavy atom. The molecule has 0 bridgehead atoms. The normalized spacial score (nSPS) is 11.1. The van der Waals surface area contributed by atoms with Crippen LogP contribution in [0.25, 0.3) is 0 Å². The molecule has 0 aliphatic carbocycles. The lowest BCUT2D eigenvalue weighted by Crippen LogP contribution is -1.98. The van der Waals surface area contributed by atoms with Crippen LogP contribution in [-0.2, 0) is 0 Å². The van der Waals surface area contributed by atoms with Gasteiger partial charge in [0.25, 0.3) is 0 Å². The molecule has 0 heterocycles. The fraction of sp³-hybridized carbons (Fsp3) is 1.00. The Morgan fingerprint density at radius 2 is 0.750 bits per heavy atom. The Hall–Kier alpha value is -0.0400. The number of hydrogen-bond acceptors (Lipinski definition) is 0. The molecule has 0 unspecified atom stereocenters. The van der Waals surface area contributed by atoms with Crippen molar-refractivity contribution in [1.82, 2.24) is 5.32 Å². The van der Waals surface area contributed by atoms with E-state index in [1.165, 1.54) is 103 Å². The molecule has 0 aromatic rings. The maximum absolute atomic E-state index is 4.14. The molecular formula is C19H40N. The van der Waals surface area contributed by atoms with Gasteiger partial charge in [0.2, 0.25) is 0 Å². The largest absolute Gasteiger partial charge is 0.245 e. The fourth-order valence-corrected chi connectivity index (χ4v) is 2.82. The highest BCUT2D eigenvalue weighted by Crippen LogP contribution is 2.13. The standard InChI is InChI=1S/C19H40N/c1-3-4-5-6-7-8-9-10-11-12-13-14-15-16-17-18-19-20-2/h3-19H2,1-2H3. The van der Waals surface area contributed by atoms with Gasteiger partial charge in [-0.05, 0) is 6.42 Å². The monoisotopic (exact) mass is 282 g/mol. The minimum absolute atomic E-state index is 1.07. The van der Waals surface area contributed by atoms with Crippen molar-refractivity contribution in [3.05, 3.63) is 0 Å². The van der Waals surface area contributed by atoms with Crippen molar-refractivity contribution in [2.45, 2.75) is 110 Å². The Kier molecular flexibility index (Phi) is 18.9. The minimum atomic E-state index is 1.07. The molecule has 1 nitrogen and oxygen atoms in total. The average Bonchev–Trinajstić information content (AvgIpc) is 2.47. The predicted octanol–water partition coefficient (Wildman–Crippen LogP) is 6.48. The van der Waals surface area contributed by atoms with Crippen molar-refractivity contribution >= 4 is 0 Å². The van der Waals surface area contributed by atoms with Crippen molar-refractivity contribution in [3.63, 3.8) is 0 Å². The molecule has 121 valence electrons. The zero-order valence-electron chi connectivity index (χ0n) is 14.5. The molecule has 0 aliphatic rings. The molecule has 20 heavy (non-hydrogen) atoms. The Bertz CT molecular complexity index is 138. The lowest BCUT2D eigenvalue weighted by molar-refractivity contribution is 0.527. The van der Waals surface area contributed by atoms with E-state index in [1.54, 1.807) is 0 Å². The van der Waals surface area contributed by atoms with Crippen molar-refractivity contribution in [1.29, 1.82) is 0 Å². The highest BCUT2D eigenvalue weighted by molar-refractivity contribution is 4.50. The van der Waals surface area contributed by atoms with Crippen LogP contribution < -0.4 is 5.32 Å². The van der Waals surface area contributed by atoms with Crippen LogP contribution in [0.4, 0.5) is 0 Å². The molecule has 0 amide bonds. The van der Waals surface area contributed by atoms with Gasteiger partial charge in [-0.2, -0.15) is 0 Å². The lowest BCUT2D eigenvalue weighted by atomic mass is 10.0. The topological polar surface area (TPSA) is 14.1 Å². The summed E-state index contributed by atoms with van der Waals surface area (Å²) in [7, 11) is 1.92. The first kappa shape index (κ1) is 20.0. The summed E-state index contributed by atoms with van der Waals surface area (Å²) in [6, 6.07) is 0. The summed E-state index contributed by atoms with van der Waals surface area (Å²) in [5.74, 6) is 0. The van der Waals surface area contributed by atoms with Crippen LogP contribution in [0, 0.1) is 0 Å². The molecule has 1 heteroatoms. The van der Waals surface area contributed by atoms with Crippen molar-refractivity contribution in [3.8, 4) is 0 Å². The Labute approximate surface area is 129 Å². The van der Waals surface area contributed by atoms with Gasteiger partial charge in [0, 0.05) is 13.6 Å². The van der Waals surface area contributed by atoms with E-state index in [9.17, 15) is 0 Å². The maximum atomic E-state index is 4.14. The average molecular weight is 283 g/mol. The molecule has 0 saturated carbocycles. The van der Waals surface area contributed by atoms with Crippen molar-refractivity contribution in [2.24, 2.45) is 0 Å². The molecule has 0 saturated heterocycles. The van der Waals surface area contributed by atoms with E-state index in [0.717, 1.165) is 6.54 Å². The molecule has 0 rings (SSSR count). The molecule has 0 spiro atoms. The molecule has 0 aliphatic heterocycles. The zero-order valence-corrected chi connectivity index (χ0v) is 14.5. The van der Waals surface area contributed by atoms with Gasteiger partial charge in [0.05, 0.1) is 0 Å². The van der Waals surface area contributed by atoms with Crippen LogP contribution >= 0.6 is 0 Å². The van der Waals surface area contributed by atoms with Crippen LogP contribution in [0.5, 0.6) is 0 Å². The third-order valence-corrected chi connectivity index (χ3v) is 4.24. The van der Waals surface area contributed by atoms with Gasteiger partial charge < -0.3 is 0 Å². The number of hydrogen-bond donors (Lipinski definition) is 0. The van der Waals surface area contributed by atoms with Crippen molar-refractivity contribution < 1.29 is 0 Å². The molecular weight excluding hydrogens is 242 g/mol. The second kappa shape index (κ2) is 19.0. The third-order valence-electron chi connectivity index (χ3n) is 4.24. The smallest absolute Gasteiger partial charge is 0.0130 e. The first-order chi connectivity index (χ1) is 9.91. The van der Waals surface area contributed by atoms with E-state index in [1.807, 2.05) is 7.05 Å². The molecule has 0 atom stereocenters. The van der Waals surface area contributed by atoms with Gasteiger partial charge in [-0.3, -0.25) is 0 Å². The number of rotatable bonds is 17. The van der Waals surface area contributed by atoms with Gasteiger partial charge in [0.15, 0.2) is 0 Å². The Balaban J connectivity index is 2.89. The summed E-state index contributed by atoms with van der Waals surface area (Å²) in [6.45, 7) is 3.36. The van der Waals surface area contributed by atoms with Gasteiger partial charge in [-0.25, -0.2) is 5.32 Å². The molecule has 0 aromatic carbocycles. The molecule has 0 aromatic heterocycles. The molecule has 0 N–H and O–H groups in total. The molecule has 0 fully saturated rings. The second-order valence-electron chi connectivity index (χ2n) is 6.34. The minimum Gasteiger partial charge on any atom is -0.245 e. The van der Waals surface area contributed by atoms with E-state index in [-0.39, 0.29) is 0 Å². The third kappa shape index (κ3) is 18.0. The lowest BCUT2D eigenvalue weighted by Gasteiger charge is -2.03. The Morgan fingerprint density at radius 1 is 0.450 bits per heavy atom. The summed E-state index contributed by atoms with van der Waals surface area (Å²) >= 11 is 0. The number of unbranched alkanes of at least 4 members (excludes halogenated alkanes) is 15. The summed E-state index contributed by atoms with van der Waals surface area (Å²) in [5.41, 5.74) is 0. The van der Waals surface area contributed by atoms with Crippen LogP contribution in [0.1, 0.15) is 110 Å². The SMILES string of the molecule is CCCCCCCCCCCCCCCCCC[N]C. The van der Waals surface area contributed by atoms with Crippen LogP contribution in [0.2, 0.25) is 0 Å². The highest BCUT2D eigenvalue weighted by atomic mass is 14.8. The summed E-state index contributed by atoms with van der Waals surface area (Å²) < 4.78 is 0. The van der Waals surface area contributed by atoms with E-state index in [2.05, 4.69) is 12.2 Å². The maximum Gasteiger partial charge on any atom is 0.0130 e. The summed E-state index contributed by atoms with van der Waals surface area (Å²) in [5, 5.41) is 4.14. The van der Waals surface area contributed by atoms with Crippen molar-refractivity contribution in [2.75, 3.05) is 13.6 Å². The van der Waals surface area contributed by atoms with Gasteiger partial charge in [-0.1, -0.05) is 103 Å². The fourth-order valence-electron chi connectivity index (χ4n) is 2.82. The zero-order chi connectivity index (χ0) is 14.7. The highest BCUT2D eigenvalue weighted by Gasteiger charge is 1.94. The van der Waals surface area contributed by atoms with Gasteiger partial charge in [-0.15, -0.1) is 0 Å². The van der Waals surface area contributed by atoms with E-state index >= 15 is 0 Å². The predicted molar refractivity (Wildman–Crippen MR) is 92.5 cm³/mol. The second-order valence-corrected chi connectivity index (χ2v) is 6.34. The molecule has 1 radical (unpaired) electrons. The van der Waals surface area contributed by atoms with E-state index in [4.69, 9.17) is 0 Å². The van der Waals surface area contributed by atoms with Crippen LogP contribution in [-0.4, -0.2) is 13.6 Å². The summed E-state index contributed by atoms with van der Waals surface area (Å²) in [4.78, 5) is 0. The van der Waals surface area contributed by atoms with Crippen LogP contribution in [0.3, 0.4) is 0 Å². The first-order valence-corrected chi connectivity index (χ1v) is 9.47. The van der Waals surface area contributed by atoms with Gasteiger partial charge in [0.1, 0.15) is 0 Å². The number of nitrogens with zero attached hydrogens (tertiary/aromatic N) is 1. The summed E-state index contributed by atoms with van der Waals surface area (Å²) in [6.07, 6.45) is 23.1. The first-order valence-electron chi connectivity index (χ1n) is 9.47. The quantitative estimate of drug-likeness (QED) is 0.271. The van der Waals surface area contributed by atoms with E-state index in [0.29, 0.717) is 0 Å². The van der Waals surface area contributed by atoms with Crippen LogP contribution in [0.15, 0.2) is 0 Å². The van der Waals surface area contributed by atoms with E-state index < -0.39 is 0 Å².